The molecule has 0 saturated heterocycles. The molecule has 1 fully saturated rings. The van der Waals surface area contributed by atoms with Crippen LogP contribution in [0.15, 0.2) is 24.3 Å². The van der Waals surface area contributed by atoms with Crippen LogP contribution in [0.2, 0.25) is 0 Å². The molecule has 0 N–H and O–H groups in total. The Labute approximate surface area is 96.6 Å². The Morgan fingerprint density at radius 2 is 2.19 bits per heavy atom. The number of carbonyl (C=O) groups excluding carboxylic acids is 1. The molecule has 2 rings (SSSR count). The molecule has 1 aromatic rings. The average Bonchev–Trinajstić information content (AvgIpc) is 2.54. The Morgan fingerprint density at radius 1 is 1.31 bits per heavy atom. The first-order valence-corrected chi connectivity index (χ1v) is 5.95. The van der Waals surface area contributed by atoms with Crippen molar-refractivity contribution in [2.45, 2.75) is 38.0 Å². The van der Waals surface area contributed by atoms with Crippen molar-refractivity contribution in [1.82, 2.24) is 0 Å². The number of hydrogen-bond acceptors (Lipinski definition) is 2. The van der Waals surface area contributed by atoms with Gasteiger partial charge in [-0.3, -0.25) is 4.79 Å². The van der Waals surface area contributed by atoms with Gasteiger partial charge in [0.15, 0.2) is 0 Å². The fraction of sp³-hybridized carbons (Fsp3) is 0.500. The van der Waals surface area contributed by atoms with Crippen molar-refractivity contribution in [2.24, 2.45) is 0 Å². The lowest BCUT2D eigenvalue weighted by Crippen LogP contribution is -2.03. The SMILES string of the molecule is COc1cccc(C2CCCCC(=O)C2)c1. The first-order chi connectivity index (χ1) is 7.79. The van der Waals surface area contributed by atoms with Gasteiger partial charge in [0.25, 0.3) is 0 Å². The third-order valence-corrected chi connectivity index (χ3v) is 3.30. The van der Waals surface area contributed by atoms with Crippen molar-refractivity contribution in [3.8, 4) is 5.75 Å². The largest absolute Gasteiger partial charge is 0.497 e. The van der Waals surface area contributed by atoms with Gasteiger partial charge in [0.1, 0.15) is 11.5 Å². The zero-order valence-corrected chi connectivity index (χ0v) is 9.74. The Balaban J connectivity index is 2.17. The molecule has 0 spiro atoms. The van der Waals surface area contributed by atoms with E-state index in [1.807, 2.05) is 12.1 Å². The van der Waals surface area contributed by atoms with Crippen LogP contribution in [0.25, 0.3) is 0 Å². The molecule has 1 unspecified atom stereocenters. The Hall–Kier alpha value is -1.31. The van der Waals surface area contributed by atoms with Gasteiger partial charge in [-0.1, -0.05) is 18.6 Å². The van der Waals surface area contributed by atoms with Crippen molar-refractivity contribution in [1.29, 1.82) is 0 Å². The zero-order chi connectivity index (χ0) is 11.4. The van der Waals surface area contributed by atoms with Crippen LogP contribution in [0.4, 0.5) is 0 Å². The van der Waals surface area contributed by atoms with Gasteiger partial charge >= 0.3 is 0 Å². The molecule has 16 heavy (non-hydrogen) atoms. The highest BCUT2D eigenvalue weighted by Crippen LogP contribution is 2.31. The number of benzene rings is 1. The Bertz CT molecular complexity index is 371. The van der Waals surface area contributed by atoms with Gasteiger partial charge in [-0.15, -0.1) is 0 Å². The summed E-state index contributed by atoms with van der Waals surface area (Å²) in [5.74, 6) is 1.68. The van der Waals surface area contributed by atoms with E-state index < -0.39 is 0 Å². The highest BCUT2D eigenvalue weighted by molar-refractivity contribution is 5.79. The van der Waals surface area contributed by atoms with Crippen LogP contribution in [0.1, 0.15) is 43.6 Å². The standard InChI is InChI=1S/C14H18O2/c1-16-14-8-4-6-12(10-14)11-5-2-3-7-13(15)9-11/h4,6,8,10-11H,2-3,5,7,9H2,1H3. The lowest BCUT2D eigenvalue weighted by atomic mass is 9.91. The molecule has 2 heteroatoms. The highest BCUT2D eigenvalue weighted by Gasteiger charge is 2.19. The molecule has 0 aromatic heterocycles. The molecule has 0 heterocycles. The van der Waals surface area contributed by atoms with E-state index in [-0.39, 0.29) is 0 Å². The van der Waals surface area contributed by atoms with E-state index in [0.29, 0.717) is 18.1 Å². The van der Waals surface area contributed by atoms with Gasteiger partial charge in [0, 0.05) is 12.8 Å². The topological polar surface area (TPSA) is 26.3 Å². The zero-order valence-electron chi connectivity index (χ0n) is 9.74. The molecule has 1 saturated carbocycles. The van der Waals surface area contributed by atoms with Gasteiger partial charge in [-0.2, -0.15) is 0 Å². The minimum atomic E-state index is 0.394. The van der Waals surface area contributed by atoms with Gasteiger partial charge in [0.05, 0.1) is 7.11 Å². The predicted molar refractivity (Wildman–Crippen MR) is 63.8 cm³/mol. The quantitative estimate of drug-likeness (QED) is 0.712. The van der Waals surface area contributed by atoms with Gasteiger partial charge in [0.2, 0.25) is 0 Å². The Morgan fingerprint density at radius 3 is 3.00 bits per heavy atom. The van der Waals surface area contributed by atoms with Crippen LogP contribution in [0.5, 0.6) is 5.75 Å². The van der Waals surface area contributed by atoms with Crippen LogP contribution in [0, 0.1) is 0 Å². The minimum Gasteiger partial charge on any atom is -0.497 e. The summed E-state index contributed by atoms with van der Waals surface area (Å²) in [7, 11) is 1.68. The van der Waals surface area contributed by atoms with Crippen molar-refractivity contribution in [3.63, 3.8) is 0 Å². The fourth-order valence-corrected chi connectivity index (χ4v) is 2.37. The molecule has 1 aromatic carbocycles. The summed E-state index contributed by atoms with van der Waals surface area (Å²) < 4.78 is 5.22. The van der Waals surface area contributed by atoms with Crippen molar-refractivity contribution in [3.05, 3.63) is 29.8 Å². The van der Waals surface area contributed by atoms with Crippen LogP contribution in [0.3, 0.4) is 0 Å². The summed E-state index contributed by atoms with van der Waals surface area (Å²) >= 11 is 0. The third-order valence-electron chi connectivity index (χ3n) is 3.30. The molecule has 2 nitrogen and oxygen atoms in total. The number of ketones is 1. The number of rotatable bonds is 2. The number of methoxy groups -OCH3 is 1. The maximum Gasteiger partial charge on any atom is 0.133 e. The van der Waals surface area contributed by atoms with Gasteiger partial charge in [-0.05, 0) is 36.5 Å². The number of carbonyl (C=O) groups is 1. The number of ether oxygens (including phenoxy) is 1. The molecule has 0 aliphatic heterocycles. The number of Topliss-reactive ketones (excluding diaryl/α,β-unsaturated/α-hetero) is 1. The van der Waals surface area contributed by atoms with Crippen LogP contribution in [-0.2, 0) is 4.79 Å². The van der Waals surface area contributed by atoms with E-state index in [1.165, 1.54) is 5.56 Å². The summed E-state index contributed by atoms with van der Waals surface area (Å²) in [6, 6.07) is 8.11. The van der Waals surface area contributed by atoms with E-state index in [0.717, 1.165) is 31.4 Å². The second-order valence-corrected chi connectivity index (χ2v) is 4.46. The molecular weight excluding hydrogens is 200 g/mol. The summed E-state index contributed by atoms with van der Waals surface area (Å²) in [6.07, 6.45) is 4.81. The fourth-order valence-electron chi connectivity index (χ4n) is 2.37. The smallest absolute Gasteiger partial charge is 0.133 e. The molecule has 1 atom stereocenters. The molecule has 1 aliphatic rings. The third kappa shape index (κ3) is 2.63. The first kappa shape index (κ1) is 11.2. The molecule has 0 amide bonds. The van der Waals surface area contributed by atoms with Crippen LogP contribution in [-0.4, -0.2) is 12.9 Å². The molecule has 86 valence electrons. The monoisotopic (exact) mass is 218 g/mol. The summed E-state index contributed by atoms with van der Waals surface area (Å²) in [6.45, 7) is 0. The van der Waals surface area contributed by atoms with Crippen LogP contribution < -0.4 is 4.74 Å². The Kier molecular flexibility index (Phi) is 3.60. The molecular formula is C14H18O2. The van der Waals surface area contributed by atoms with Crippen molar-refractivity contribution in [2.75, 3.05) is 7.11 Å². The lowest BCUT2D eigenvalue weighted by Gasteiger charge is -2.14. The highest BCUT2D eigenvalue weighted by atomic mass is 16.5. The van der Waals surface area contributed by atoms with E-state index in [2.05, 4.69) is 12.1 Å². The van der Waals surface area contributed by atoms with E-state index in [9.17, 15) is 4.79 Å². The van der Waals surface area contributed by atoms with E-state index in [1.54, 1.807) is 7.11 Å². The average molecular weight is 218 g/mol. The molecule has 0 bridgehead atoms. The summed E-state index contributed by atoms with van der Waals surface area (Å²) in [5, 5.41) is 0. The number of hydrogen-bond donors (Lipinski definition) is 0. The van der Waals surface area contributed by atoms with E-state index in [4.69, 9.17) is 4.74 Å². The second-order valence-electron chi connectivity index (χ2n) is 4.46. The van der Waals surface area contributed by atoms with E-state index >= 15 is 0 Å². The van der Waals surface area contributed by atoms with Crippen molar-refractivity contribution < 1.29 is 9.53 Å². The summed E-state index contributed by atoms with van der Waals surface area (Å²) in [5.41, 5.74) is 1.25. The van der Waals surface area contributed by atoms with Gasteiger partial charge in [-0.25, -0.2) is 0 Å². The maximum absolute atomic E-state index is 11.6. The molecule has 1 aliphatic carbocycles. The van der Waals surface area contributed by atoms with Crippen LogP contribution >= 0.6 is 0 Å². The summed E-state index contributed by atoms with van der Waals surface area (Å²) in [4.78, 5) is 11.6. The van der Waals surface area contributed by atoms with Crippen molar-refractivity contribution >= 4 is 5.78 Å². The maximum atomic E-state index is 11.6. The lowest BCUT2D eigenvalue weighted by molar-refractivity contribution is -0.119. The second kappa shape index (κ2) is 5.15. The van der Waals surface area contributed by atoms with Gasteiger partial charge < -0.3 is 4.74 Å². The molecule has 0 radical (unpaired) electrons. The predicted octanol–water partition coefficient (Wildman–Crippen LogP) is 3.31. The normalized spacial score (nSPS) is 21.6. The minimum absolute atomic E-state index is 0.394. The first-order valence-electron chi connectivity index (χ1n) is 5.95.